The molecule has 0 aliphatic rings. The number of nitrogens with one attached hydrogen (secondary N) is 1. The van der Waals surface area contributed by atoms with Crippen molar-refractivity contribution >= 4 is 17.5 Å². The van der Waals surface area contributed by atoms with Crippen LogP contribution < -0.4 is 16.8 Å². The minimum atomic E-state index is -0.606. The zero-order chi connectivity index (χ0) is 15.4. The molecule has 2 rings (SSSR count). The lowest BCUT2D eigenvalue weighted by Gasteiger charge is -2.08. The minimum Gasteiger partial charge on any atom is -0.366 e. The van der Waals surface area contributed by atoms with Gasteiger partial charge in [-0.05, 0) is 19.1 Å². The molecule has 0 saturated carbocycles. The molecule has 8 heteroatoms. The molecule has 21 heavy (non-hydrogen) atoms. The van der Waals surface area contributed by atoms with Gasteiger partial charge in [-0.25, -0.2) is 4.68 Å². The Kier molecular flexibility index (Phi) is 4.29. The van der Waals surface area contributed by atoms with Crippen LogP contribution in [0.3, 0.4) is 0 Å². The van der Waals surface area contributed by atoms with Gasteiger partial charge >= 0.3 is 0 Å². The second-order valence-electron chi connectivity index (χ2n) is 4.59. The van der Waals surface area contributed by atoms with Gasteiger partial charge in [0.05, 0.1) is 23.1 Å². The van der Waals surface area contributed by atoms with Crippen molar-refractivity contribution in [3.8, 4) is 0 Å². The smallest absolute Gasteiger partial charge is 0.250 e. The number of nitrogens with zero attached hydrogens (tertiary/aromatic N) is 3. The SMILES string of the molecule is CC(N)c1cn(CC(=O)Nc2ccccc2C(N)=O)nn1. The van der Waals surface area contributed by atoms with Gasteiger partial charge in [0.25, 0.3) is 5.91 Å². The number of para-hydroxylation sites is 1. The van der Waals surface area contributed by atoms with E-state index in [9.17, 15) is 9.59 Å². The Morgan fingerprint density at radius 3 is 2.71 bits per heavy atom. The highest BCUT2D eigenvalue weighted by Gasteiger charge is 2.12. The van der Waals surface area contributed by atoms with E-state index in [4.69, 9.17) is 11.5 Å². The second-order valence-corrected chi connectivity index (χ2v) is 4.59. The van der Waals surface area contributed by atoms with E-state index in [-0.39, 0.29) is 24.1 Å². The van der Waals surface area contributed by atoms with Crippen LogP contribution in [0.5, 0.6) is 0 Å². The lowest BCUT2D eigenvalue weighted by atomic mass is 10.1. The highest BCUT2D eigenvalue weighted by atomic mass is 16.2. The van der Waals surface area contributed by atoms with Crippen LogP contribution in [0.4, 0.5) is 5.69 Å². The number of carbonyl (C=O) groups excluding carboxylic acids is 2. The van der Waals surface area contributed by atoms with E-state index in [2.05, 4.69) is 15.6 Å². The summed E-state index contributed by atoms with van der Waals surface area (Å²) in [6.07, 6.45) is 1.60. The standard InChI is InChI=1S/C13H16N6O2/c1-8(14)11-6-19(18-17-11)7-12(20)16-10-5-3-2-4-9(10)13(15)21/h2-6,8H,7,14H2,1H3,(H2,15,21)(H,16,20). The third kappa shape index (κ3) is 3.63. The number of hydrogen-bond acceptors (Lipinski definition) is 5. The van der Waals surface area contributed by atoms with Crippen LogP contribution >= 0.6 is 0 Å². The largest absolute Gasteiger partial charge is 0.366 e. The number of aromatic nitrogens is 3. The van der Waals surface area contributed by atoms with Crippen LogP contribution in [0.2, 0.25) is 0 Å². The number of benzene rings is 1. The molecule has 0 bridgehead atoms. The molecule has 110 valence electrons. The van der Waals surface area contributed by atoms with E-state index in [1.165, 1.54) is 4.68 Å². The average molecular weight is 288 g/mol. The van der Waals surface area contributed by atoms with Crippen LogP contribution in [-0.2, 0) is 11.3 Å². The first-order chi connectivity index (χ1) is 9.97. The molecule has 1 aromatic carbocycles. The highest BCUT2D eigenvalue weighted by molar-refractivity contribution is 6.02. The van der Waals surface area contributed by atoms with E-state index in [0.717, 1.165) is 0 Å². The molecule has 0 saturated heterocycles. The summed E-state index contributed by atoms with van der Waals surface area (Å²) in [4.78, 5) is 23.2. The Morgan fingerprint density at radius 1 is 1.38 bits per heavy atom. The lowest BCUT2D eigenvalue weighted by Crippen LogP contribution is -2.22. The molecule has 1 aromatic heterocycles. The summed E-state index contributed by atoms with van der Waals surface area (Å²) >= 11 is 0. The van der Waals surface area contributed by atoms with Crippen molar-refractivity contribution in [2.75, 3.05) is 5.32 Å². The van der Waals surface area contributed by atoms with Gasteiger partial charge in [-0.1, -0.05) is 17.3 Å². The summed E-state index contributed by atoms with van der Waals surface area (Å²) in [5.41, 5.74) is 12.1. The number of rotatable bonds is 5. The molecule has 5 N–H and O–H groups in total. The van der Waals surface area contributed by atoms with Crippen LogP contribution in [0.25, 0.3) is 0 Å². The van der Waals surface area contributed by atoms with Crippen LogP contribution in [0.1, 0.15) is 29.0 Å². The van der Waals surface area contributed by atoms with Crippen molar-refractivity contribution < 1.29 is 9.59 Å². The van der Waals surface area contributed by atoms with Crippen LogP contribution in [-0.4, -0.2) is 26.8 Å². The third-order valence-corrected chi connectivity index (χ3v) is 2.80. The summed E-state index contributed by atoms with van der Waals surface area (Å²) in [7, 11) is 0. The summed E-state index contributed by atoms with van der Waals surface area (Å²) in [5, 5.41) is 10.3. The van der Waals surface area contributed by atoms with Gasteiger partial charge in [0, 0.05) is 6.04 Å². The Bertz CT molecular complexity index is 664. The summed E-state index contributed by atoms with van der Waals surface area (Å²) in [6, 6.07) is 6.26. The minimum absolute atomic E-state index is 0.0349. The lowest BCUT2D eigenvalue weighted by molar-refractivity contribution is -0.116. The van der Waals surface area contributed by atoms with Gasteiger partial charge in [-0.15, -0.1) is 5.10 Å². The number of nitrogens with two attached hydrogens (primary N) is 2. The molecule has 0 aliphatic carbocycles. The van der Waals surface area contributed by atoms with Gasteiger partial charge in [-0.3, -0.25) is 9.59 Å². The van der Waals surface area contributed by atoms with Crippen molar-refractivity contribution in [1.29, 1.82) is 0 Å². The van der Waals surface area contributed by atoms with Gasteiger partial charge in [-0.2, -0.15) is 0 Å². The summed E-state index contributed by atoms with van der Waals surface area (Å²) < 4.78 is 1.38. The first kappa shape index (κ1) is 14.7. The van der Waals surface area contributed by atoms with Crippen molar-refractivity contribution in [2.24, 2.45) is 11.5 Å². The van der Waals surface area contributed by atoms with Gasteiger partial charge in [0.15, 0.2) is 0 Å². The number of hydrogen-bond donors (Lipinski definition) is 3. The molecule has 2 amide bonds. The van der Waals surface area contributed by atoms with Gasteiger partial charge < -0.3 is 16.8 Å². The first-order valence-corrected chi connectivity index (χ1v) is 6.31. The molecule has 1 atom stereocenters. The van der Waals surface area contributed by atoms with E-state index < -0.39 is 5.91 Å². The molecule has 0 radical (unpaired) electrons. The van der Waals surface area contributed by atoms with E-state index in [0.29, 0.717) is 11.4 Å². The Balaban J connectivity index is 2.06. The normalized spacial score (nSPS) is 11.9. The number of carbonyl (C=O) groups is 2. The van der Waals surface area contributed by atoms with E-state index in [1.807, 2.05) is 0 Å². The molecule has 0 aliphatic heterocycles. The topological polar surface area (TPSA) is 129 Å². The quantitative estimate of drug-likeness (QED) is 0.715. The number of amides is 2. The van der Waals surface area contributed by atoms with Crippen molar-refractivity contribution in [3.63, 3.8) is 0 Å². The molecular formula is C13H16N6O2. The maximum Gasteiger partial charge on any atom is 0.250 e. The van der Waals surface area contributed by atoms with Crippen LogP contribution in [0.15, 0.2) is 30.5 Å². The van der Waals surface area contributed by atoms with Crippen molar-refractivity contribution in [3.05, 3.63) is 41.7 Å². The van der Waals surface area contributed by atoms with Crippen LogP contribution in [0, 0.1) is 0 Å². The molecule has 1 heterocycles. The molecular weight excluding hydrogens is 272 g/mol. The Morgan fingerprint density at radius 2 is 2.10 bits per heavy atom. The maximum absolute atomic E-state index is 12.0. The van der Waals surface area contributed by atoms with Gasteiger partial charge in [0.1, 0.15) is 6.54 Å². The van der Waals surface area contributed by atoms with E-state index in [1.54, 1.807) is 37.4 Å². The molecule has 0 fully saturated rings. The molecule has 2 aromatic rings. The predicted octanol–water partition coefficient (Wildman–Crippen LogP) is 0.0354. The fraction of sp³-hybridized carbons (Fsp3) is 0.231. The molecule has 0 spiro atoms. The third-order valence-electron chi connectivity index (χ3n) is 2.80. The Labute approximate surface area is 121 Å². The molecule has 8 nitrogen and oxygen atoms in total. The van der Waals surface area contributed by atoms with Crippen molar-refractivity contribution in [2.45, 2.75) is 19.5 Å². The first-order valence-electron chi connectivity index (χ1n) is 6.31. The zero-order valence-electron chi connectivity index (χ0n) is 11.5. The monoisotopic (exact) mass is 288 g/mol. The highest BCUT2D eigenvalue weighted by Crippen LogP contribution is 2.14. The molecule has 1 unspecified atom stereocenters. The number of anilines is 1. The summed E-state index contributed by atoms with van der Waals surface area (Å²) in [6.45, 7) is 1.74. The summed E-state index contributed by atoms with van der Waals surface area (Å²) in [5.74, 6) is -0.948. The fourth-order valence-corrected chi connectivity index (χ4v) is 1.74. The van der Waals surface area contributed by atoms with Crippen molar-refractivity contribution in [1.82, 2.24) is 15.0 Å². The fourth-order valence-electron chi connectivity index (χ4n) is 1.74. The van der Waals surface area contributed by atoms with Gasteiger partial charge in [0.2, 0.25) is 5.91 Å². The second kappa shape index (κ2) is 6.14. The van der Waals surface area contributed by atoms with E-state index >= 15 is 0 Å². The number of primary amides is 1. The zero-order valence-corrected chi connectivity index (χ0v) is 11.5. The average Bonchev–Trinajstić information content (AvgIpc) is 2.87. The predicted molar refractivity (Wildman–Crippen MR) is 76.2 cm³/mol. The maximum atomic E-state index is 12.0. The Hall–Kier alpha value is -2.74.